The molecule has 0 aromatic carbocycles. The van der Waals surface area contributed by atoms with Gasteiger partial charge >= 0.3 is 5.97 Å². The van der Waals surface area contributed by atoms with Gasteiger partial charge in [-0.05, 0) is 25.0 Å². The van der Waals surface area contributed by atoms with Crippen LogP contribution in [0.2, 0.25) is 0 Å². The van der Waals surface area contributed by atoms with Gasteiger partial charge in [0.2, 0.25) is 5.88 Å². The Bertz CT molecular complexity index is 669. The number of hydrogen-bond acceptors (Lipinski definition) is 6. The van der Waals surface area contributed by atoms with Crippen LogP contribution in [0.4, 0.5) is 0 Å². The summed E-state index contributed by atoms with van der Waals surface area (Å²) in [5.41, 5.74) is 0.765. The SMILES string of the molecule is COc1ncccc1-c1nnc(SCC(=O)O)n1C1CC1. The zero-order valence-electron chi connectivity index (χ0n) is 11.4. The maximum absolute atomic E-state index is 10.7. The van der Waals surface area contributed by atoms with Crippen LogP contribution in [0, 0.1) is 0 Å². The quantitative estimate of drug-likeness (QED) is 0.814. The maximum atomic E-state index is 10.7. The molecule has 1 aliphatic rings. The fraction of sp³-hybridized carbons (Fsp3) is 0.385. The number of aliphatic carboxylic acids is 1. The lowest BCUT2D eigenvalue weighted by molar-refractivity contribution is -0.133. The minimum atomic E-state index is -0.870. The summed E-state index contributed by atoms with van der Waals surface area (Å²) in [6.07, 6.45) is 3.75. The first-order chi connectivity index (χ1) is 10.2. The van der Waals surface area contributed by atoms with Crippen molar-refractivity contribution in [2.45, 2.75) is 24.0 Å². The van der Waals surface area contributed by atoms with Gasteiger partial charge in [-0.2, -0.15) is 0 Å². The molecule has 0 radical (unpaired) electrons. The molecule has 110 valence electrons. The van der Waals surface area contributed by atoms with Crippen molar-refractivity contribution in [3.8, 4) is 17.3 Å². The van der Waals surface area contributed by atoms with Gasteiger partial charge in [0, 0.05) is 12.2 Å². The predicted octanol–water partition coefficient (Wildman–Crippen LogP) is 1.86. The van der Waals surface area contributed by atoms with Gasteiger partial charge in [0.15, 0.2) is 11.0 Å². The van der Waals surface area contributed by atoms with Gasteiger partial charge in [0.25, 0.3) is 0 Å². The molecule has 2 aromatic heterocycles. The molecule has 0 unspecified atom stereocenters. The Morgan fingerprint density at radius 3 is 3.00 bits per heavy atom. The number of rotatable bonds is 6. The van der Waals surface area contributed by atoms with Gasteiger partial charge in [-0.3, -0.25) is 9.36 Å². The Hall–Kier alpha value is -2.09. The van der Waals surface area contributed by atoms with Crippen LogP contribution in [-0.2, 0) is 4.79 Å². The van der Waals surface area contributed by atoms with E-state index in [9.17, 15) is 4.79 Å². The fourth-order valence-electron chi connectivity index (χ4n) is 2.07. The van der Waals surface area contributed by atoms with E-state index in [1.165, 1.54) is 11.8 Å². The summed E-state index contributed by atoms with van der Waals surface area (Å²) in [4.78, 5) is 14.9. The number of thioether (sulfide) groups is 1. The Morgan fingerprint density at radius 1 is 1.52 bits per heavy atom. The van der Waals surface area contributed by atoms with E-state index in [0.717, 1.165) is 18.4 Å². The number of carbonyl (C=O) groups is 1. The summed E-state index contributed by atoms with van der Waals surface area (Å²) >= 11 is 1.18. The average Bonchev–Trinajstić information content (AvgIpc) is 3.24. The number of pyridine rings is 1. The van der Waals surface area contributed by atoms with E-state index in [1.54, 1.807) is 13.3 Å². The summed E-state index contributed by atoms with van der Waals surface area (Å²) in [7, 11) is 1.56. The van der Waals surface area contributed by atoms with Crippen molar-refractivity contribution in [1.29, 1.82) is 0 Å². The van der Waals surface area contributed by atoms with Crippen molar-refractivity contribution in [1.82, 2.24) is 19.7 Å². The summed E-state index contributed by atoms with van der Waals surface area (Å²) in [5, 5.41) is 17.8. The molecule has 1 saturated carbocycles. The highest BCUT2D eigenvalue weighted by atomic mass is 32.2. The minimum absolute atomic E-state index is 0.0327. The second kappa shape index (κ2) is 5.72. The van der Waals surface area contributed by atoms with Crippen LogP contribution < -0.4 is 4.74 Å². The summed E-state index contributed by atoms with van der Waals surface area (Å²) in [5.74, 6) is 0.262. The molecule has 7 nitrogen and oxygen atoms in total. The Labute approximate surface area is 125 Å². The Morgan fingerprint density at radius 2 is 2.33 bits per heavy atom. The minimum Gasteiger partial charge on any atom is -0.481 e. The number of nitrogens with zero attached hydrogens (tertiary/aromatic N) is 4. The second-order valence-electron chi connectivity index (χ2n) is 4.65. The van der Waals surface area contributed by atoms with Crippen molar-refractivity contribution in [3.63, 3.8) is 0 Å². The van der Waals surface area contributed by atoms with E-state index >= 15 is 0 Å². The number of ether oxygens (including phenoxy) is 1. The standard InChI is InChI=1S/C13H14N4O3S/c1-20-12-9(3-2-6-14-12)11-15-16-13(21-7-10(18)19)17(11)8-4-5-8/h2-3,6,8H,4-5,7H2,1H3,(H,18,19). The highest BCUT2D eigenvalue weighted by molar-refractivity contribution is 7.99. The number of carboxylic acid groups (broad SMARTS) is 1. The lowest BCUT2D eigenvalue weighted by Crippen LogP contribution is -2.04. The molecule has 1 aliphatic carbocycles. The van der Waals surface area contributed by atoms with E-state index in [1.807, 2.05) is 16.7 Å². The molecule has 0 aliphatic heterocycles. The maximum Gasteiger partial charge on any atom is 0.313 e. The number of carboxylic acids is 1. The summed E-state index contributed by atoms with van der Waals surface area (Å²) in [6, 6.07) is 4.02. The molecular formula is C13H14N4O3S. The summed E-state index contributed by atoms with van der Waals surface area (Å²) < 4.78 is 7.26. The molecule has 2 heterocycles. The third kappa shape index (κ3) is 2.85. The summed E-state index contributed by atoms with van der Waals surface area (Å²) in [6.45, 7) is 0. The zero-order valence-corrected chi connectivity index (χ0v) is 12.2. The number of aromatic nitrogens is 4. The smallest absolute Gasteiger partial charge is 0.313 e. The number of methoxy groups -OCH3 is 1. The zero-order chi connectivity index (χ0) is 14.8. The lowest BCUT2D eigenvalue weighted by atomic mass is 10.2. The van der Waals surface area contributed by atoms with Gasteiger partial charge < -0.3 is 9.84 Å². The van der Waals surface area contributed by atoms with E-state index in [2.05, 4.69) is 15.2 Å². The van der Waals surface area contributed by atoms with Crippen molar-refractivity contribution < 1.29 is 14.6 Å². The van der Waals surface area contributed by atoms with E-state index < -0.39 is 5.97 Å². The van der Waals surface area contributed by atoms with Gasteiger partial charge in [-0.25, -0.2) is 4.98 Å². The van der Waals surface area contributed by atoms with Crippen molar-refractivity contribution >= 4 is 17.7 Å². The third-order valence-electron chi connectivity index (χ3n) is 3.11. The van der Waals surface area contributed by atoms with Gasteiger partial charge in [-0.15, -0.1) is 10.2 Å². The van der Waals surface area contributed by atoms with Crippen LogP contribution in [0.25, 0.3) is 11.4 Å². The molecule has 1 fully saturated rings. The van der Waals surface area contributed by atoms with Crippen LogP contribution in [0.5, 0.6) is 5.88 Å². The van der Waals surface area contributed by atoms with Gasteiger partial charge in [0.05, 0.1) is 18.4 Å². The van der Waals surface area contributed by atoms with Gasteiger partial charge in [-0.1, -0.05) is 11.8 Å². The van der Waals surface area contributed by atoms with E-state index in [-0.39, 0.29) is 5.75 Å². The molecule has 0 bridgehead atoms. The molecular weight excluding hydrogens is 292 g/mol. The molecule has 21 heavy (non-hydrogen) atoms. The molecule has 0 spiro atoms. The number of hydrogen-bond donors (Lipinski definition) is 1. The molecule has 8 heteroatoms. The van der Waals surface area contributed by atoms with Gasteiger partial charge in [0.1, 0.15) is 0 Å². The fourth-order valence-corrected chi connectivity index (χ4v) is 2.80. The van der Waals surface area contributed by atoms with Crippen LogP contribution in [0.1, 0.15) is 18.9 Å². The average molecular weight is 306 g/mol. The van der Waals surface area contributed by atoms with Crippen molar-refractivity contribution in [2.24, 2.45) is 0 Å². The van der Waals surface area contributed by atoms with E-state index in [0.29, 0.717) is 22.9 Å². The first-order valence-electron chi connectivity index (χ1n) is 6.49. The monoisotopic (exact) mass is 306 g/mol. The molecule has 0 amide bonds. The first kappa shape index (κ1) is 13.9. The topological polar surface area (TPSA) is 90.1 Å². The molecule has 0 saturated heterocycles. The van der Waals surface area contributed by atoms with Crippen LogP contribution in [0.15, 0.2) is 23.5 Å². The van der Waals surface area contributed by atoms with Crippen LogP contribution in [-0.4, -0.2) is 43.7 Å². The molecule has 3 rings (SSSR count). The normalized spacial score (nSPS) is 14.1. The molecule has 0 atom stereocenters. The Kier molecular flexibility index (Phi) is 3.78. The highest BCUT2D eigenvalue weighted by Crippen LogP contribution is 2.42. The van der Waals surface area contributed by atoms with Crippen LogP contribution in [0.3, 0.4) is 0 Å². The Balaban J connectivity index is 2.00. The second-order valence-corrected chi connectivity index (χ2v) is 5.59. The van der Waals surface area contributed by atoms with E-state index in [4.69, 9.17) is 9.84 Å². The predicted molar refractivity (Wildman–Crippen MR) is 76.4 cm³/mol. The van der Waals surface area contributed by atoms with Crippen molar-refractivity contribution in [2.75, 3.05) is 12.9 Å². The molecule has 2 aromatic rings. The van der Waals surface area contributed by atoms with Crippen molar-refractivity contribution in [3.05, 3.63) is 18.3 Å². The first-order valence-corrected chi connectivity index (χ1v) is 7.48. The lowest BCUT2D eigenvalue weighted by Gasteiger charge is -2.10. The highest BCUT2D eigenvalue weighted by Gasteiger charge is 2.31. The molecule has 1 N–H and O–H groups in total. The third-order valence-corrected chi connectivity index (χ3v) is 4.03. The van der Waals surface area contributed by atoms with Crippen LogP contribution >= 0.6 is 11.8 Å². The largest absolute Gasteiger partial charge is 0.481 e.